The Labute approximate surface area is 187 Å². The number of carbonyl (C=O) groups excluding carboxylic acids is 2. The second-order valence-corrected chi connectivity index (χ2v) is 8.20. The van der Waals surface area contributed by atoms with Gasteiger partial charge in [0, 0.05) is 37.2 Å². The smallest absolute Gasteiger partial charge is 0.309 e. The zero-order valence-electron chi connectivity index (χ0n) is 18.5. The summed E-state index contributed by atoms with van der Waals surface area (Å²) < 4.78 is 5.18. The number of carbonyl (C=O) groups is 2. The van der Waals surface area contributed by atoms with Gasteiger partial charge in [0.05, 0.1) is 36.4 Å². The molecule has 0 aliphatic carbocycles. The van der Waals surface area contributed by atoms with Crippen molar-refractivity contribution in [1.82, 2.24) is 14.9 Å². The van der Waals surface area contributed by atoms with E-state index in [1.807, 2.05) is 13.8 Å². The van der Waals surface area contributed by atoms with Crippen molar-refractivity contribution in [2.24, 2.45) is 5.92 Å². The number of aryl methyl sites for hydroxylation is 1. The van der Waals surface area contributed by atoms with E-state index >= 15 is 0 Å². The van der Waals surface area contributed by atoms with Gasteiger partial charge < -0.3 is 14.5 Å². The van der Waals surface area contributed by atoms with Crippen LogP contribution in [0.1, 0.15) is 52.8 Å². The van der Waals surface area contributed by atoms with Gasteiger partial charge in [-0.05, 0) is 44.9 Å². The third kappa shape index (κ3) is 4.42. The van der Waals surface area contributed by atoms with Crippen LogP contribution in [-0.2, 0) is 22.5 Å². The van der Waals surface area contributed by atoms with Crippen molar-refractivity contribution in [3.63, 3.8) is 0 Å². The molecule has 0 saturated carbocycles. The van der Waals surface area contributed by atoms with Crippen molar-refractivity contribution in [3.05, 3.63) is 52.5 Å². The Bertz CT molecular complexity index is 1070. The largest absolute Gasteiger partial charge is 0.466 e. The Balaban J connectivity index is 1.54. The summed E-state index contributed by atoms with van der Waals surface area (Å²) in [5, 5.41) is 9.15. The third-order valence-electron chi connectivity index (χ3n) is 6.09. The minimum Gasteiger partial charge on any atom is -0.466 e. The second kappa shape index (κ2) is 9.35. The molecule has 1 aromatic heterocycles. The standard InChI is InChI=1S/C24H27N5O3/c1-3-32-24(31)18-7-10-28(11-8-18)22-20-15-29(12-9-21(20)26-16(2)27-22)23(30)19-6-4-5-17(13-19)14-25/h4-6,13,18H,3,7-12,15H2,1-2H3. The van der Waals surface area contributed by atoms with Crippen LogP contribution in [0.4, 0.5) is 5.82 Å². The molecule has 32 heavy (non-hydrogen) atoms. The van der Waals surface area contributed by atoms with Crippen LogP contribution in [0.15, 0.2) is 24.3 Å². The molecule has 0 N–H and O–H groups in total. The van der Waals surface area contributed by atoms with Crippen LogP contribution in [-0.4, -0.2) is 53.0 Å². The van der Waals surface area contributed by atoms with Gasteiger partial charge in [-0.2, -0.15) is 5.26 Å². The van der Waals surface area contributed by atoms with E-state index in [2.05, 4.69) is 16.0 Å². The van der Waals surface area contributed by atoms with Gasteiger partial charge in [0.25, 0.3) is 5.91 Å². The predicted octanol–water partition coefficient (Wildman–Crippen LogP) is 2.63. The number of anilines is 1. The highest BCUT2D eigenvalue weighted by Gasteiger charge is 2.31. The number of amides is 1. The quantitative estimate of drug-likeness (QED) is 0.684. The van der Waals surface area contributed by atoms with E-state index in [1.165, 1.54) is 0 Å². The van der Waals surface area contributed by atoms with Crippen molar-refractivity contribution in [2.45, 2.75) is 39.7 Å². The highest BCUT2D eigenvalue weighted by molar-refractivity contribution is 5.94. The van der Waals surface area contributed by atoms with Gasteiger partial charge >= 0.3 is 5.97 Å². The van der Waals surface area contributed by atoms with Crippen LogP contribution in [0, 0.1) is 24.2 Å². The Morgan fingerprint density at radius 3 is 2.72 bits per heavy atom. The molecule has 4 rings (SSSR count). The highest BCUT2D eigenvalue weighted by atomic mass is 16.5. The first-order valence-corrected chi connectivity index (χ1v) is 11.1. The number of hydrogen-bond donors (Lipinski definition) is 0. The summed E-state index contributed by atoms with van der Waals surface area (Å²) in [6.45, 7) is 6.54. The molecule has 2 aliphatic heterocycles. The molecule has 1 fully saturated rings. The van der Waals surface area contributed by atoms with E-state index < -0.39 is 0 Å². The molecule has 8 nitrogen and oxygen atoms in total. The average molecular weight is 434 g/mol. The number of nitrogens with zero attached hydrogens (tertiary/aromatic N) is 5. The Morgan fingerprint density at radius 2 is 2.00 bits per heavy atom. The fraction of sp³-hybridized carbons (Fsp3) is 0.458. The summed E-state index contributed by atoms with van der Waals surface area (Å²) in [4.78, 5) is 38.6. The van der Waals surface area contributed by atoms with Gasteiger partial charge in [0.2, 0.25) is 0 Å². The summed E-state index contributed by atoms with van der Waals surface area (Å²) in [6, 6.07) is 8.88. The number of piperidine rings is 1. The maximum atomic E-state index is 13.1. The molecule has 1 saturated heterocycles. The Kier molecular flexibility index (Phi) is 6.35. The van der Waals surface area contributed by atoms with E-state index in [4.69, 9.17) is 15.0 Å². The van der Waals surface area contributed by atoms with Crippen LogP contribution in [0.2, 0.25) is 0 Å². The number of fused-ring (bicyclic) bond motifs is 1. The topological polar surface area (TPSA) is 99.4 Å². The number of nitriles is 1. The lowest BCUT2D eigenvalue weighted by Crippen LogP contribution is -2.41. The summed E-state index contributed by atoms with van der Waals surface area (Å²) in [5.41, 5.74) is 2.94. The summed E-state index contributed by atoms with van der Waals surface area (Å²) in [5.74, 6) is 1.28. The molecule has 2 aliphatic rings. The second-order valence-electron chi connectivity index (χ2n) is 8.20. The molecule has 0 radical (unpaired) electrons. The Morgan fingerprint density at radius 1 is 1.22 bits per heavy atom. The molecule has 0 unspecified atom stereocenters. The van der Waals surface area contributed by atoms with Gasteiger partial charge in [-0.3, -0.25) is 9.59 Å². The SMILES string of the molecule is CCOC(=O)C1CCN(c2nc(C)nc3c2CN(C(=O)c2cccc(C#N)c2)CC3)CC1. The molecule has 0 spiro atoms. The van der Waals surface area contributed by atoms with Crippen LogP contribution < -0.4 is 4.90 Å². The molecule has 0 bridgehead atoms. The molecule has 1 amide bonds. The molecule has 166 valence electrons. The lowest BCUT2D eigenvalue weighted by molar-refractivity contribution is -0.148. The van der Waals surface area contributed by atoms with Crippen molar-refractivity contribution >= 4 is 17.7 Å². The van der Waals surface area contributed by atoms with Gasteiger partial charge in [0.15, 0.2) is 0 Å². The van der Waals surface area contributed by atoms with Gasteiger partial charge in [-0.1, -0.05) is 6.07 Å². The number of esters is 1. The molecular weight excluding hydrogens is 406 g/mol. The zero-order valence-corrected chi connectivity index (χ0v) is 18.5. The zero-order chi connectivity index (χ0) is 22.7. The maximum Gasteiger partial charge on any atom is 0.309 e. The van der Waals surface area contributed by atoms with E-state index in [0.717, 1.165) is 29.9 Å². The summed E-state index contributed by atoms with van der Waals surface area (Å²) in [6.07, 6.45) is 2.11. The molecule has 8 heteroatoms. The number of aromatic nitrogens is 2. The normalized spacial score (nSPS) is 16.3. The van der Waals surface area contributed by atoms with Crippen LogP contribution in [0.5, 0.6) is 0 Å². The van der Waals surface area contributed by atoms with E-state index in [1.54, 1.807) is 29.2 Å². The van der Waals surface area contributed by atoms with Crippen molar-refractivity contribution in [2.75, 3.05) is 31.1 Å². The van der Waals surface area contributed by atoms with E-state index in [0.29, 0.717) is 56.2 Å². The summed E-state index contributed by atoms with van der Waals surface area (Å²) in [7, 11) is 0. The van der Waals surface area contributed by atoms with E-state index in [9.17, 15) is 9.59 Å². The van der Waals surface area contributed by atoms with E-state index in [-0.39, 0.29) is 17.8 Å². The fourth-order valence-electron chi connectivity index (χ4n) is 4.44. The number of hydrogen-bond acceptors (Lipinski definition) is 7. The first-order chi connectivity index (χ1) is 15.5. The monoisotopic (exact) mass is 433 g/mol. The predicted molar refractivity (Wildman–Crippen MR) is 118 cm³/mol. The molecule has 0 atom stereocenters. The first kappa shape index (κ1) is 21.8. The molecule has 2 aromatic rings. The summed E-state index contributed by atoms with van der Waals surface area (Å²) >= 11 is 0. The first-order valence-electron chi connectivity index (χ1n) is 11.1. The minimum atomic E-state index is -0.121. The minimum absolute atomic E-state index is 0.0737. The molecular formula is C24H27N5O3. The lowest BCUT2D eigenvalue weighted by Gasteiger charge is -2.36. The van der Waals surface area contributed by atoms with Crippen molar-refractivity contribution in [1.29, 1.82) is 5.26 Å². The van der Waals surface area contributed by atoms with Gasteiger partial charge in [-0.15, -0.1) is 0 Å². The van der Waals surface area contributed by atoms with Crippen molar-refractivity contribution < 1.29 is 14.3 Å². The van der Waals surface area contributed by atoms with Crippen LogP contribution in [0.25, 0.3) is 0 Å². The van der Waals surface area contributed by atoms with Crippen molar-refractivity contribution in [3.8, 4) is 6.07 Å². The lowest BCUT2D eigenvalue weighted by atomic mass is 9.96. The van der Waals surface area contributed by atoms with Crippen LogP contribution >= 0.6 is 0 Å². The number of ether oxygens (including phenoxy) is 1. The van der Waals surface area contributed by atoms with Gasteiger partial charge in [-0.25, -0.2) is 9.97 Å². The number of benzene rings is 1. The van der Waals surface area contributed by atoms with Gasteiger partial charge in [0.1, 0.15) is 11.6 Å². The van der Waals surface area contributed by atoms with Crippen LogP contribution in [0.3, 0.4) is 0 Å². The fourth-order valence-corrected chi connectivity index (χ4v) is 4.44. The molecule has 1 aromatic carbocycles. The maximum absolute atomic E-state index is 13.1. The molecule has 3 heterocycles. The Hall–Kier alpha value is -3.47. The third-order valence-corrected chi connectivity index (χ3v) is 6.09. The average Bonchev–Trinajstić information content (AvgIpc) is 2.83. The highest BCUT2D eigenvalue weighted by Crippen LogP contribution is 2.31. The number of rotatable bonds is 4.